The van der Waals surface area contributed by atoms with Gasteiger partial charge in [0.05, 0.1) is 0 Å². The van der Waals surface area contributed by atoms with Crippen LogP contribution in [0.2, 0.25) is 0 Å². The third kappa shape index (κ3) is 3.99. The molecule has 0 unspecified atom stereocenters. The quantitative estimate of drug-likeness (QED) is 0.853. The maximum atomic E-state index is 12.4. The van der Waals surface area contributed by atoms with Crippen molar-refractivity contribution in [3.8, 4) is 11.9 Å². The minimum Gasteiger partial charge on any atom is -0.467 e. The summed E-state index contributed by atoms with van der Waals surface area (Å²) in [5, 5.41) is 9.39. The van der Waals surface area contributed by atoms with Gasteiger partial charge in [-0.3, -0.25) is 0 Å². The van der Waals surface area contributed by atoms with Gasteiger partial charge in [0, 0.05) is 13.1 Å². The Morgan fingerprint density at radius 1 is 1.12 bits per heavy atom. The van der Waals surface area contributed by atoms with Crippen molar-refractivity contribution in [2.24, 2.45) is 0 Å². The SMILES string of the molecule is N#Cc1c(OCC(F)(F)F)ncnc1N1CCc2ccccc2CC1. The third-order valence-corrected chi connectivity index (χ3v) is 4.00. The number of halogens is 3. The zero-order valence-corrected chi connectivity index (χ0v) is 13.3. The molecule has 5 nitrogen and oxygen atoms in total. The minimum absolute atomic E-state index is 0.0716. The average Bonchev–Trinajstić information content (AvgIpc) is 2.81. The van der Waals surface area contributed by atoms with Crippen LogP contribution in [-0.2, 0) is 12.8 Å². The van der Waals surface area contributed by atoms with E-state index in [4.69, 9.17) is 4.74 Å². The van der Waals surface area contributed by atoms with E-state index in [0.29, 0.717) is 18.9 Å². The second kappa shape index (κ2) is 6.97. The molecule has 0 spiro atoms. The van der Waals surface area contributed by atoms with Gasteiger partial charge in [0.15, 0.2) is 18.0 Å². The lowest BCUT2D eigenvalue weighted by Crippen LogP contribution is -2.28. The molecule has 0 saturated carbocycles. The molecule has 0 amide bonds. The molecule has 0 saturated heterocycles. The largest absolute Gasteiger partial charge is 0.467 e. The first-order valence-electron chi connectivity index (χ1n) is 7.74. The molecular weight excluding hydrogens is 333 g/mol. The minimum atomic E-state index is -4.50. The van der Waals surface area contributed by atoms with Crippen molar-refractivity contribution in [3.63, 3.8) is 0 Å². The maximum absolute atomic E-state index is 12.4. The predicted molar refractivity (Wildman–Crippen MR) is 84.4 cm³/mol. The van der Waals surface area contributed by atoms with Crippen LogP contribution < -0.4 is 9.64 Å². The second-order valence-corrected chi connectivity index (χ2v) is 5.65. The molecule has 1 aliphatic rings. The third-order valence-electron chi connectivity index (χ3n) is 4.00. The molecule has 25 heavy (non-hydrogen) atoms. The Hall–Kier alpha value is -2.82. The molecule has 0 aliphatic carbocycles. The summed E-state index contributed by atoms with van der Waals surface area (Å²) < 4.78 is 41.8. The van der Waals surface area contributed by atoms with E-state index in [1.165, 1.54) is 11.1 Å². The van der Waals surface area contributed by atoms with Gasteiger partial charge in [-0.25, -0.2) is 9.97 Å². The number of anilines is 1. The molecule has 0 atom stereocenters. The normalized spacial score (nSPS) is 14.4. The lowest BCUT2D eigenvalue weighted by molar-refractivity contribution is -0.154. The van der Waals surface area contributed by atoms with Crippen LogP contribution in [0.3, 0.4) is 0 Å². The van der Waals surface area contributed by atoms with Gasteiger partial charge in [0.2, 0.25) is 5.88 Å². The highest BCUT2D eigenvalue weighted by Crippen LogP contribution is 2.28. The zero-order chi connectivity index (χ0) is 17.9. The van der Waals surface area contributed by atoms with E-state index in [1.54, 1.807) is 0 Å². The average molecular weight is 348 g/mol. The number of aromatic nitrogens is 2. The number of nitriles is 1. The number of rotatable bonds is 3. The van der Waals surface area contributed by atoms with E-state index in [2.05, 4.69) is 22.1 Å². The van der Waals surface area contributed by atoms with Crippen molar-refractivity contribution in [1.82, 2.24) is 9.97 Å². The first-order valence-corrected chi connectivity index (χ1v) is 7.74. The van der Waals surface area contributed by atoms with Gasteiger partial charge >= 0.3 is 6.18 Å². The number of fused-ring (bicyclic) bond motifs is 1. The van der Waals surface area contributed by atoms with Crippen LogP contribution in [0.15, 0.2) is 30.6 Å². The van der Waals surface area contributed by atoms with Crippen LogP contribution in [0.4, 0.5) is 19.0 Å². The van der Waals surface area contributed by atoms with Crippen molar-refractivity contribution in [2.75, 3.05) is 24.6 Å². The molecule has 8 heteroatoms. The standard InChI is InChI=1S/C17H15F3N4O/c18-17(19,20)10-25-16-14(9-21)15(22-11-23-16)24-7-5-12-3-1-2-4-13(12)6-8-24/h1-4,11H,5-8,10H2. The summed E-state index contributed by atoms with van der Waals surface area (Å²) in [6, 6.07) is 9.95. The fourth-order valence-corrected chi connectivity index (χ4v) is 2.84. The van der Waals surface area contributed by atoms with Crippen molar-refractivity contribution in [3.05, 3.63) is 47.3 Å². The predicted octanol–water partition coefficient (Wildman–Crippen LogP) is 2.89. The van der Waals surface area contributed by atoms with Crippen molar-refractivity contribution in [1.29, 1.82) is 5.26 Å². The fraction of sp³-hybridized carbons (Fsp3) is 0.353. The summed E-state index contributed by atoms with van der Waals surface area (Å²) in [5.74, 6) is -0.0333. The monoisotopic (exact) mass is 348 g/mol. The van der Waals surface area contributed by atoms with Crippen LogP contribution in [0.1, 0.15) is 16.7 Å². The van der Waals surface area contributed by atoms with Gasteiger partial charge in [-0.05, 0) is 24.0 Å². The molecule has 0 radical (unpaired) electrons. The highest BCUT2D eigenvalue weighted by atomic mass is 19.4. The molecule has 3 rings (SSSR count). The molecule has 2 heterocycles. The van der Waals surface area contributed by atoms with Gasteiger partial charge in [0.25, 0.3) is 0 Å². The van der Waals surface area contributed by atoms with Crippen LogP contribution in [0.5, 0.6) is 5.88 Å². The van der Waals surface area contributed by atoms with E-state index < -0.39 is 12.8 Å². The Bertz CT molecular complexity index is 774. The smallest absolute Gasteiger partial charge is 0.422 e. The van der Waals surface area contributed by atoms with Crippen molar-refractivity contribution in [2.45, 2.75) is 19.0 Å². The highest BCUT2D eigenvalue weighted by molar-refractivity contribution is 5.58. The molecule has 130 valence electrons. The van der Waals surface area contributed by atoms with Crippen LogP contribution in [0.25, 0.3) is 0 Å². The van der Waals surface area contributed by atoms with Crippen LogP contribution in [0, 0.1) is 11.3 Å². The highest BCUT2D eigenvalue weighted by Gasteiger charge is 2.30. The van der Waals surface area contributed by atoms with E-state index in [0.717, 1.165) is 19.2 Å². The van der Waals surface area contributed by atoms with Crippen LogP contribution in [-0.4, -0.2) is 35.8 Å². The van der Waals surface area contributed by atoms with Crippen molar-refractivity contribution < 1.29 is 17.9 Å². The second-order valence-electron chi connectivity index (χ2n) is 5.65. The van der Waals surface area contributed by atoms with Gasteiger partial charge in [-0.1, -0.05) is 24.3 Å². The first-order chi connectivity index (χ1) is 12.0. The summed E-state index contributed by atoms with van der Waals surface area (Å²) in [6.07, 6.45) is -1.84. The van der Waals surface area contributed by atoms with Gasteiger partial charge < -0.3 is 9.64 Å². The van der Waals surface area contributed by atoms with Gasteiger partial charge in [0.1, 0.15) is 12.4 Å². The molecule has 0 N–H and O–H groups in total. The Morgan fingerprint density at radius 3 is 2.32 bits per heavy atom. The molecule has 1 aromatic heterocycles. The zero-order valence-electron chi connectivity index (χ0n) is 13.3. The lowest BCUT2D eigenvalue weighted by Gasteiger charge is -2.22. The Kier molecular flexibility index (Phi) is 4.74. The number of benzene rings is 1. The molecule has 1 aliphatic heterocycles. The molecule has 1 aromatic carbocycles. The molecule has 0 fully saturated rings. The number of alkyl halides is 3. The summed E-state index contributed by atoms with van der Waals surface area (Å²) in [6.45, 7) is -0.271. The summed E-state index contributed by atoms with van der Waals surface area (Å²) in [5.41, 5.74) is 2.38. The van der Waals surface area contributed by atoms with E-state index >= 15 is 0 Å². The molecule has 0 bridgehead atoms. The Balaban J connectivity index is 1.84. The van der Waals surface area contributed by atoms with E-state index in [1.807, 2.05) is 23.1 Å². The summed E-state index contributed by atoms with van der Waals surface area (Å²) in [4.78, 5) is 9.69. The number of ether oxygens (including phenoxy) is 1. The maximum Gasteiger partial charge on any atom is 0.422 e. The number of hydrogen-bond donors (Lipinski definition) is 0. The number of hydrogen-bond acceptors (Lipinski definition) is 5. The van der Waals surface area contributed by atoms with Crippen LogP contribution >= 0.6 is 0 Å². The fourth-order valence-electron chi connectivity index (χ4n) is 2.84. The first kappa shape index (κ1) is 17.0. The molecular formula is C17H15F3N4O. The summed E-state index contributed by atoms with van der Waals surface area (Å²) >= 11 is 0. The van der Waals surface area contributed by atoms with E-state index in [-0.39, 0.29) is 11.4 Å². The topological polar surface area (TPSA) is 62.0 Å². The Labute approximate surface area is 142 Å². The summed E-state index contributed by atoms with van der Waals surface area (Å²) in [7, 11) is 0. The van der Waals surface area contributed by atoms with E-state index in [9.17, 15) is 18.4 Å². The van der Waals surface area contributed by atoms with Gasteiger partial charge in [-0.15, -0.1) is 0 Å². The molecule has 2 aromatic rings. The van der Waals surface area contributed by atoms with Gasteiger partial charge in [-0.2, -0.15) is 18.4 Å². The Morgan fingerprint density at radius 2 is 1.76 bits per heavy atom. The van der Waals surface area contributed by atoms with Crippen molar-refractivity contribution >= 4 is 5.82 Å². The lowest BCUT2D eigenvalue weighted by atomic mass is 10.0. The number of nitrogens with zero attached hydrogens (tertiary/aromatic N) is 4.